The topological polar surface area (TPSA) is 41.9 Å². The van der Waals surface area contributed by atoms with Crippen LogP contribution in [-0.4, -0.2) is 54.6 Å². The van der Waals surface area contributed by atoms with Gasteiger partial charge in [-0.05, 0) is 87.6 Å². The summed E-state index contributed by atoms with van der Waals surface area (Å²) in [6, 6.07) is 7.24. The third-order valence-electron chi connectivity index (χ3n) is 8.05. The molecule has 1 aromatic rings. The number of rotatable bonds is 3. The summed E-state index contributed by atoms with van der Waals surface area (Å²) in [6.45, 7) is 7.49. The summed E-state index contributed by atoms with van der Waals surface area (Å²) in [5, 5.41) is 10.1. The first kappa shape index (κ1) is 18.0. The molecular weight excluding hydrogens is 338 g/mol. The highest BCUT2D eigenvalue weighted by molar-refractivity contribution is 5.46. The standard InChI is InChI=1S/C23H33NO3/c1-22(2)12-19-20-10-15-4-6-17(26-3)11-18(15)23(19,14-27-22)8-9-24(20)13-16-5-7-21(16)25/h4,6,11,16,19-21,25H,5,7-10,12-14H2,1-3H3/t16?,19-,20+,21?,23+/m0/s1. The second-order valence-electron chi connectivity index (χ2n) is 9.96. The third-order valence-corrected chi connectivity index (χ3v) is 8.05. The second kappa shape index (κ2) is 6.20. The summed E-state index contributed by atoms with van der Waals surface area (Å²) in [5.41, 5.74) is 3.01. The molecule has 4 heteroatoms. The van der Waals surface area contributed by atoms with Crippen molar-refractivity contribution >= 4 is 0 Å². The fourth-order valence-electron chi connectivity index (χ4n) is 6.27. The summed E-state index contributed by atoms with van der Waals surface area (Å²) in [4.78, 5) is 2.71. The van der Waals surface area contributed by atoms with Gasteiger partial charge in [0, 0.05) is 18.0 Å². The van der Waals surface area contributed by atoms with Crippen LogP contribution in [0.1, 0.15) is 50.7 Å². The largest absolute Gasteiger partial charge is 0.497 e. The van der Waals surface area contributed by atoms with Crippen LogP contribution in [0, 0.1) is 11.8 Å². The highest BCUT2D eigenvalue weighted by Crippen LogP contribution is 2.55. The molecule has 2 saturated heterocycles. The number of piperidine rings is 1. The summed E-state index contributed by atoms with van der Waals surface area (Å²) < 4.78 is 12.0. The molecule has 0 amide bonds. The second-order valence-corrected chi connectivity index (χ2v) is 9.96. The lowest BCUT2D eigenvalue weighted by molar-refractivity contribution is -0.160. The number of nitrogens with zero attached hydrogens (tertiary/aromatic N) is 1. The van der Waals surface area contributed by atoms with E-state index in [1.54, 1.807) is 7.11 Å². The van der Waals surface area contributed by atoms with E-state index in [0.717, 1.165) is 51.1 Å². The Bertz CT molecular complexity index is 732. The smallest absolute Gasteiger partial charge is 0.119 e. The minimum atomic E-state index is -0.0806. The van der Waals surface area contributed by atoms with E-state index in [9.17, 15) is 5.11 Å². The van der Waals surface area contributed by atoms with Crippen LogP contribution in [0.25, 0.3) is 0 Å². The van der Waals surface area contributed by atoms with Crippen LogP contribution in [0.15, 0.2) is 18.2 Å². The molecular formula is C23H33NO3. The van der Waals surface area contributed by atoms with Crippen LogP contribution in [-0.2, 0) is 16.6 Å². The lowest BCUT2D eigenvalue weighted by atomic mass is 9.54. The number of hydrogen-bond acceptors (Lipinski definition) is 4. The SMILES string of the molecule is COc1ccc2c(c1)[C@]13CCN(CC4CCC4O)[C@H](C2)[C@@H]1CC(C)(C)OC3. The average Bonchev–Trinajstić information content (AvgIpc) is 2.65. The predicted octanol–water partition coefficient (Wildman–Crippen LogP) is 3.15. The van der Waals surface area contributed by atoms with Crippen molar-refractivity contribution in [3.63, 3.8) is 0 Å². The maximum Gasteiger partial charge on any atom is 0.119 e. The Morgan fingerprint density at radius 2 is 2.15 bits per heavy atom. The van der Waals surface area contributed by atoms with Gasteiger partial charge in [-0.1, -0.05) is 6.07 Å². The van der Waals surface area contributed by atoms with Crippen molar-refractivity contribution in [1.82, 2.24) is 4.90 Å². The van der Waals surface area contributed by atoms with Gasteiger partial charge in [0.25, 0.3) is 0 Å². The number of fused-ring (bicyclic) bond motifs is 1. The van der Waals surface area contributed by atoms with Gasteiger partial charge >= 0.3 is 0 Å². The first-order valence-corrected chi connectivity index (χ1v) is 10.7. The number of hydrogen-bond donors (Lipinski definition) is 1. The van der Waals surface area contributed by atoms with Crippen molar-refractivity contribution in [2.75, 3.05) is 26.8 Å². The van der Waals surface area contributed by atoms with Crippen LogP contribution >= 0.6 is 0 Å². The number of ether oxygens (including phenoxy) is 2. The van der Waals surface area contributed by atoms with E-state index in [1.165, 1.54) is 17.5 Å². The van der Waals surface area contributed by atoms with Crippen LogP contribution in [0.5, 0.6) is 5.75 Å². The van der Waals surface area contributed by atoms with Crippen molar-refractivity contribution < 1.29 is 14.6 Å². The Kier molecular flexibility index (Phi) is 4.12. The van der Waals surface area contributed by atoms with Crippen LogP contribution in [0.2, 0.25) is 0 Å². The molecule has 1 aromatic carbocycles. The van der Waals surface area contributed by atoms with E-state index in [2.05, 4.69) is 36.9 Å². The zero-order chi connectivity index (χ0) is 18.8. The van der Waals surface area contributed by atoms with E-state index < -0.39 is 0 Å². The molecule has 2 aliphatic carbocycles. The van der Waals surface area contributed by atoms with Gasteiger partial charge in [0.05, 0.1) is 25.4 Å². The quantitative estimate of drug-likeness (QED) is 0.886. The fraction of sp³-hybridized carbons (Fsp3) is 0.739. The number of methoxy groups -OCH3 is 1. The summed E-state index contributed by atoms with van der Waals surface area (Å²) in [6.07, 6.45) is 5.46. The minimum absolute atomic E-state index is 0.0538. The number of aliphatic hydroxyl groups is 1. The zero-order valence-electron chi connectivity index (χ0n) is 16.9. The number of benzene rings is 1. The molecule has 148 valence electrons. The van der Waals surface area contributed by atoms with Crippen LogP contribution in [0.3, 0.4) is 0 Å². The molecule has 4 nitrogen and oxygen atoms in total. The molecule has 0 radical (unpaired) electrons. The maximum absolute atomic E-state index is 10.1. The number of likely N-dealkylation sites (tertiary alicyclic amines) is 1. The Labute approximate surface area is 162 Å². The Morgan fingerprint density at radius 1 is 1.30 bits per heavy atom. The summed E-state index contributed by atoms with van der Waals surface area (Å²) in [5.74, 6) is 2.06. The molecule has 5 atom stereocenters. The van der Waals surface area contributed by atoms with Gasteiger partial charge in [-0.25, -0.2) is 0 Å². The van der Waals surface area contributed by atoms with Gasteiger partial charge in [-0.2, -0.15) is 0 Å². The van der Waals surface area contributed by atoms with E-state index in [4.69, 9.17) is 9.47 Å². The molecule has 4 aliphatic rings. The van der Waals surface area contributed by atoms with Crippen molar-refractivity contribution in [2.24, 2.45) is 11.8 Å². The Balaban J connectivity index is 1.53. The summed E-state index contributed by atoms with van der Waals surface area (Å²) in [7, 11) is 1.76. The van der Waals surface area contributed by atoms with E-state index >= 15 is 0 Å². The molecule has 2 aliphatic heterocycles. The van der Waals surface area contributed by atoms with Crippen LogP contribution in [0.4, 0.5) is 0 Å². The Morgan fingerprint density at radius 3 is 2.85 bits per heavy atom. The minimum Gasteiger partial charge on any atom is -0.497 e. The predicted molar refractivity (Wildman–Crippen MR) is 105 cm³/mol. The van der Waals surface area contributed by atoms with E-state index in [-0.39, 0.29) is 17.1 Å². The molecule has 2 bridgehead atoms. The molecule has 0 aromatic heterocycles. The number of aliphatic hydroxyl groups excluding tert-OH is 1. The molecule has 2 heterocycles. The van der Waals surface area contributed by atoms with Gasteiger partial charge in [0.1, 0.15) is 5.75 Å². The van der Waals surface area contributed by atoms with Gasteiger partial charge in [0.2, 0.25) is 0 Å². The van der Waals surface area contributed by atoms with Gasteiger partial charge in [-0.15, -0.1) is 0 Å². The van der Waals surface area contributed by atoms with E-state index in [0.29, 0.717) is 17.9 Å². The summed E-state index contributed by atoms with van der Waals surface area (Å²) >= 11 is 0. The van der Waals surface area contributed by atoms with Crippen molar-refractivity contribution in [3.8, 4) is 5.75 Å². The molecule has 2 unspecified atom stereocenters. The van der Waals surface area contributed by atoms with E-state index in [1.807, 2.05) is 0 Å². The first-order chi connectivity index (χ1) is 12.9. The normalized spacial score (nSPS) is 39.9. The molecule has 1 saturated carbocycles. The highest BCUT2D eigenvalue weighted by atomic mass is 16.5. The first-order valence-electron chi connectivity index (χ1n) is 10.7. The Hall–Kier alpha value is -1.10. The molecule has 27 heavy (non-hydrogen) atoms. The molecule has 1 N–H and O–H groups in total. The maximum atomic E-state index is 10.1. The van der Waals surface area contributed by atoms with Crippen molar-refractivity contribution in [1.29, 1.82) is 0 Å². The average molecular weight is 372 g/mol. The lowest BCUT2D eigenvalue weighted by Gasteiger charge is -2.61. The van der Waals surface area contributed by atoms with Gasteiger partial charge in [0.15, 0.2) is 0 Å². The monoisotopic (exact) mass is 371 g/mol. The molecule has 5 rings (SSSR count). The zero-order valence-corrected chi connectivity index (χ0v) is 16.9. The van der Waals surface area contributed by atoms with Crippen molar-refractivity contribution in [3.05, 3.63) is 29.3 Å². The fourth-order valence-corrected chi connectivity index (χ4v) is 6.27. The highest BCUT2D eigenvalue weighted by Gasteiger charge is 2.57. The van der Waals surface area contributed by atoms with Crippen LogP contribution < -0.4 is 4.74 Å². The lowest BCUT2D eigenvalue weighted by Crippen LogP contribution is -2.66. The van der Waals surface area contributed by atoms with Gasteiger partial charge in [-0.3, -0.25) is 4.90 Å². The van der Waals surface area contributed by atoms with Crippen molar-refractivity contribution in [2.45, 2.75) is 69.1 Å². The van der Waals surface area contributed by atoms with Gasteiger partial charge < -0.3 is 14.6 Å². The molecule has 3 fully saturated rings. The molecule has 0 spiro atoms. The third kappa shape index (κ3) is 2.75.